The summed E-state index contributed by atoms with van der Waals surface area (Å²) in [7, 11) is 3.57. The molecule has 0 atom stereocenters. The van der Waals surface area contributed by atoms with Gasteiger partial charge in [0, 0.05) is 18.7 Å². The largest absolute Gasteiger partial charge is 0.383 e. The van der Waals surface area contributed by atoms with Crippen molar-refractivity contribution in [2.45, 2.75) is 18.4 Å². The van der Waals surface area contributed by atoms with Crippen molar-refractivity contribution in [2.75, 3.05) is 33.9 Å². The van der Waals surface area contributed by atoms with Gasteiger partial charge in [0.15, 0.2) is 0 Å². The quantitative estimate of drug-likeness (QED) is 0.837. The minimum Gasteiger partial charge on any atom is -0.383 e. The first kappa shape index (κ1) is 15.3. The number of carbonyl (C=O) groups excluding carboxylic acids is 1. The molecule has 1 amide bonds. The third-order valence-electron chi connectivity index (χ3n) is 3.61. The maximum Gasteiger partial charge on any atom is 0.234 e. The van der Waals surface area contributed by atoms with E-state index in [4.69, 9.17) is 16.3 Å². The Bertz CT molecular complexity index is 475. The molecule has 1 saturated carbocycles. The van der Waals surface area contributed by atoms with Crippen molar-refractivity contribution in [3.05, 3.63) is 34.9 Å². The number of nitrogens with one attached hydrogen (secondary N) is 1. The smallest absolute Gasteiger partial charge is 0.234 e. The summed E-state index contributed by atoms with van der Waals surface area (Å²) in [4.78, 5) is 14.1. The van der Waals surface area contributed by atoms with Crippen molar-refractivity contribution in [3.63, 3.8) is 0 Å². The zero-order chi connectivity index (χ0) is 14.6. The molecule has 0 bridgehead atoms. The molecule has 1 aromatic rings. The lowest BCUT2D eigenvalue weighted by Crippen LogP contribution is -2.42. The zero-order valence-electron chi connectivity index (χ0n) is 12.0. The number of likely N-dealkylation sites (N-methyl/N-ethyl adjacent to an activating group) is 1. The fourth-order valence-corrected chi connectivity index (χ4v) is 2.63. The van der Waals surface area contributed by atoms with E-state index >= 15 is 0 Å². The SMILES string of the molecule is COCCN(C)CC(=O)NC1(c2ccccc2Cl)CC1. The summed E-state index contributed by atoms with van der Waals surface area (Å²) in [5.41, 5.74) is 0.770. The van der Waals surface area contributed by atoms with Crippen LogP contribution in [0.15, 0.2) is 24.3 Å². The van der Waals surface area contributed by atoms with Crippen LogP contribution in [-0.2, 0) is 15.1 Å². The van der Waals surface area contributed by atoms with E-state index in [0.29, 0.717) is 13.2 Å². The van der Waals surface area contributed by atoms with E-state index < -0.39 is 0 Å². The number of rotatable bonds is 7. The lowest BCUT2D eigenvalue weighted by atomic mass is 10.0. The number of benzene rings is 1. The van der Waals surface area contributed by atoms with Gasteiger partial charge in [0.2, 0.25) is 5.91 Å². The molecule has 110 valence electrons. The Labute approximate surface area is 125 Å². The van der Waals surface area contributed by atoms with Crippen LogP contribution in [0.5, 0.6) is 0 Å². The highest BCUT2D eigenvalue weighted by molar-refractivity contribution is 6.31. The van der Waals surface area contributed by atoms with Crippen molar-refractivity contribution in [1.29, 1.82) is 0 Å². The van der Waals surface area contributed by atoms with E-state index in [1.54, 1.807) is 7.11 Å². The molecule has 0 heterocycles. The Hall–Kier alpha value is -1.10. The molecule has 1 N–H and O–H groups in total. The molecule has 0 saturated heterocycles. The van der Waals surface area contributed by atoms with Crippen LogP contribution >= 0.6 is 11.6 Å². The first-order valence-corrected chi connectivity index (χ1v) is 7.19. The number of ether oxygens (including phenoxy) is 1. The standard InChI is InChI=1S/C15H21ClN2O2/c1-18(9-10-20-2)11-14(19)17-15(7-8-15)12-5-3-4-6-13(12)16/h3-6H,7-11H2,1-2H3,(H,17,19). The highest BCUT2D eigenvalue weighted by Gasteiger charge is 2.46. The Morgan fingerprint density at radius 1 is 1.45 bits per heavy atom. The summed E-state index contributed by atoms with van der Waals surface area (Å²) in [6, 6.07) is 7.72. The van der Waals surface area contributed by atoms with Gasteiger partial charge in [-0.15, -0.1) is 0 Å². The average Bonchev–Trinajstić information content (AvgIpc) is 3.17. The lowest BCUT2D eigenvalue weighted by molar-refractivity contribution is -0.123. The number of carbonyl (C=O) groups is 1. The van der Waals surface area contributed by atoms with E-state index in [2.05, 4.69) is 5.32 Å². The van der Waals surface area contributed by atoms with Crippen molar-refractivity contribution < 1.29 is 9.53 Å². The number of hydrogen-bond acceptors (Lipinski definition) is 3. The molecule has 0 spiro atoms. The Morgan fingerprint density at radius 2 is 2.15 bits per heavy atom. The van der Waals surface area contributed by atoms with Gasteiger partial charge in [-0.05, 0) is 31.5 Å². The molecule has 4 nitrogen and oxygen atoms in total. The minimum absolute atomic E-state index is 0.0287. The van der Waals surface area contributed by atoms with Gasteiger partial charge < -0.3 is 10.1 Å². The summed E-state index contributed by atoms with van der Waals surface area (Å²) in [6.45, 7) is 1.73. The molecule has 2 rings (SSSR count). The number of methoxy groups -OCH3 is 1. The summed E-state index contributed by atoms with van der Waals surface area (Å²) >= 11 is 6.23. The number of halogens is 1. The van der Waals surface area contributed by atoms with Crippen molar-refractivity contribution in [3.8, 4) is 0 Å². The van der Waals surface area contributed by atoms with Gasteiger partial charge in [-0.2, -0.15) is 0 Å². The maximum atomic E-state index is 12.1. The van der Waals surface area contributed by atoms with Crippen LogP contribution in [0.2, 0.25) is 5.02 Å². The van der Waals surface area contributed by atoms with Gasteiger partial charge >= 0.3 is 0 Å². The Kier molecular flexibility index (Phi) is 5.02. The molecule has 1 aliphatic rings. The molecule has 5 heteroatoms. The van der Waals surface area contributed by atoms with Crippen LogP contribution in [0.1, 0.15) is 18.4 Å². The summed E-state index contributed by atoms with van der Waals surface area (Å²) in [6.07, 6.45) is 1.90. The second-order valence-corrected chi connectivity index (χ2v) is 5.75. The van der Waals surface area contributed by atoms with Gasteiger partial charge in [-0.3, -0.25) is 9.69 Å². The van der Waals surface area contributed by atoms with E-state index in [1.165, 1.54) is 0 Å². The average molecular weight is 297 g/mol. The zero-order valence-corrected chi connectivity index (χ0v) is 12.7. The molecule has 20 heavy (non-hydrogen) atoms. The van der Waals surface area contributed by atoms with Gasteiger partial charge in [0.05, 0.1) is 18.7 Å². The molecular formula is C15H21ClN2O2. The minimum atomic E-state index is -0.252. The summed E-state index contributed by atoms with van der Waals surface area (Å²) < 4.78 is 5.00. The van der Waals surface area contributed by atoms with Crippen molar-refractivity contribution >= 4 is 17.5 Å². The van der Waals surface area contributed by atoms with E-state index in [9.17, 15) is 4.79 Å². The fraction of sp³-hybridized carbons (Fsp3) is 0.533. The van der Waals surface area contributed by atoms with Crippen molar-refractivity contribution in [1.82, 2.24) is 10.2 Å². The summed E-state index contributed by atoms with van der Waals surface area (Å²) in [5.74, 6) is 0.0287. The van der Waals surface area contributed by atoms with Gasteiger partial charge in [-0.1, -0.05) is 29.8 Å². The lowest BCUT2D eigenvalue weighted by Gasteiger charge is -2.22. The predicted octanol–water partition coefficient (Wildman–Crippen LogP) is 2.02. The molecule has 1 aromatic carbocycles. The van der Waals surface area contributed by atoms with Crippen LogP contribution in [0, 0.1) is 0 Å². The fourth-order valence-electron chi connectivity index (χ4n) is 2.31. The van der Waals surface area contributed by atoms with Gasteiger partial charge in [-0.25, -0.2) is 0 Å². The van der Waals surface area contributed by atoms with Crippen LogP contribution < -0.4 is 5.32 Å². The predicted molar refractivity (Wildman–Crippen MR) is 79.9 cm³/mol. The van der Waals surface area contributed by atoms with Crippen LogP contribution in [0.25, 0.3) is 0 Å². The second kappa shape index (κ2) is 6.57. The third-order valence-corrected chi connectivity index (χ3v) is 3.94. The second-order valence-electron chi connectivity index (χ2n) is 5.34. The molecular weight excluding hydrogens is 276 g/mol. The first-order valence-electron chi connectivity index (χ1n) is 6.81. The third kappa shape index (κ3) is 3.72. The Morgan fingerprint density at radius 3 is 2.75 bits per heavy atom. The Balaban J connectivity index is 1.93. The molecule has 0 aromatic heterocycles. The van der Waals surface area contributed by atoms with Crippen LogP contribution in [0.4, 0.5) is 0 Å². The molecule has 1 aliphatic carbocycles. The van der Waals surface area contributed by atoms with E-state index in [-0.39, 0.29) is 11.4 Å². The topological polar surface area (TPSA) is 41.6 Å². The van der Waals surface area contributed by atoms with Crippen LogP contribution in [0.3, 0.4) is 0 Å². The number of nitrogens with zero attached hydrogens (tertiary/aromatic N) is 1. The van der Waals surface area contributed by atoms with Crippen LogP contribution in [-0.4, -0.2) is 44.7 Å². The molecule has 1 fully saturated rings. The van der Waals surface area contributed by atoms with Crippen molar-refractivity contribution in [2.24, 2.45) is 0 Å². The highest BCUT2D eigenvalue weighted by atomic mass is 35.5. The van der Waals surface area contributed by atoms with Gasteiger partial charge in [0.1, 0.15) is 0 Å². The maximum absolute atomic E-state index is 12.1. The van der Waals surface area contributed by atoms with E-state index in [1.807, 2.05) is 36.2 Å². The van der Waals surface area contributed by atoms with E-state index in [0.717, 1.165) is 30.0 Å². The molecule has 0 unspecified atom stereocenters. The first-order chi connectivity index (χ1) is 9.57. The number of amides is 1. The van der Waals surface area contributed by atoms with Gasteiger partial charge in [0.25, 0.3) is 0 Å². The molecule has 0 aliphatic heterocycles. The monoisotopic (exact) mass is 296 g/mol. The summed E-state index contributed by atoms with van der Waals surface area (Å²) in [5, 5.41) is 3.85. The molecule has 0 radical (unpaired) electrons. The highest BCUT2D eigenvalue weighted by Crippen LogP contribution is 2.47. The number of hydrogen-bond donors (Lipinski definition) is 1. The normalized spacial score (nSPS) is 16.2.